The van der Waals surface area contributed by atoms with E-state index in [1.165, 1.54) is 278 Å². The maximum absolute atomic E-state index is 9.50. The monoisotopic (exact) mass is 2080 g/mol. The third-order valence-electron chi connectivity index (χ3n) is 24.4. The molecule has 0 spiro atoms. The smallest absolute Gasteiger partial charge is 0.120 e. The number of para-hydroxylation sites is 6. The lowest BCUT2D eigenvalue weighted by atomic mass is 9.86. The molecule has 11 rings (SSSR count). The number of rotatable bonds is 26. The largest absolute Gasteiger partial charge is 0.488 e. The van der Waals surface area contributed by atoms with Crippen LogP contribution >= 0.6 is 0 Å². The van der Waals surface area contributed by atoms with Crippen molar-refractivity contribution in [1.82, 2.24) is 0 Å². The Morgan fingerprint density at radius 2 is 0.411 bits per heavy atom. The highest BCUT2D eigenvalue weighted by Crippen LogP contribution is 2.37. The molecule has 141 heavy (non-hydrogen) atoms. The van der Waals surface area contributed by atoms with Crippen molar-refractivity contribution >= 4 is 61.5 Å². The van der Waals surface area contributed by atoms with Crippen LogP contribution in [0.15, 0.2) is 182 Å². The van der Waals surface area contributed by atoms with Crippen LogP contribution in [0.3, 0.4) is 0 Å². The molecule has 6 aromatic carbocycles. The average molecular weight is 2080 g/mol. The average Bonchev–Trinajstić information content (AvgIpc) is 1.72. The molecule has 0 bridgehead atoms. The number of benzene rings is 6. The quantitative estimate of drug-likeness (QED) is 0.0485. The number of ether oxygens (including phenoxy) is 11. The summed E-state index contributed by atoms with van der Waals surface area (Å²) in [5, 5.41) is 0. The van der Waals surface area contributed by atoms with Crippen molar-refractivity contribution in [2.45, 2.75) is 511 Å². The lowest BCUT2D eigenvalue weighted by Gasteiger charge is -2.34. The molecule has 6 aromatic rings. The van der Waals surface area contributed by atoms with Gasteiger partial charge in [-0.2, -0.15) is 0 Å². The Morgan fingerprint density at radius 1 is 0.234 bits per heavy atom. The van der Waals surface area contributed by atoms with Crippen LogP contribution in [0.25, 0.3) is 0 Å². The first-order chi connectivity index (χ1) is 66.6. The summed E-state index contributed by atoms with van der Waals surface area (Å²) in [6, 6.07) is 67.5. The van der Waals surface area contributed by atoms with Crippen molar-refractivity contribution in [1.29, 1.82) is 0 Å². The predicted molar refractivity (Wildman–Crippen MR) is 647 cm³/mol. The van der Waals surface area contributed by atoms with E-state index in [0.29, 0.717) is 14.4 Å². The van der Waals surface area contributed by atoms with E-state index in [2.05, 4.69) is 159 Å². The molecule has 11 nitrogen and oxygen atoms in total. The Kier molecular flexibility index (Phi) is 103. The summed E-state index contributed by atoms with van der Waals surface area (Å²) in [4.78, 5) is 0. The van der Waals surface area contributed by atoms with Crippen molar-refractivity contribution in [2.24, 2.45) is 0 Å². The summed E-state index contributed by atoms with van der Waals surface area (Å²) >= 11 is 0. The van der Waals surface area contributed by atoms with Gasteiger partial charge in [-0.15, -0.1) is 0 Å². The fourth-order valence-corrected chi connectivity index (χ4v) is 13.2. The Hall–Kier alpha value is -4.92. The number of alkyl halides is 2. The summed E-state index contributed by atoms with van der Waals surface area (Å²) in [7, 11) is 18.1. The van der Waals surface area contributed by atoms with Crippen LogP contribution in [0.4, 0.5) is 8.78 Å². The summed E-state index contributed by atoms with van der Waals surface area (Å²) in [5.41, 5.74) is 0.742. The van der Waals surface area contributed by atoms with E-state index in [1.54, 1.807) is 21.3 Å². The van der Waals surface area contributed by atoms with Crippen molar-refractivity contribution in [3.05, 3.63) is 182 Å². The summed E-state index contributed by atoms with van der Waals surface area (Å²) in [6.07, 6.45) is 43.2. The van der Waals surface area contributed by atoms with Crippen LogP contribution in [0.1, 0.15) is 412 Å². The van der Waals surface area contributed by atoms with Crippen molar-refractivity contribution in [3.63, 3.8) is 0 Å². The second-order valence-corrected chi connectivity index (χ2v) is 47.3. The summed E-state index contributed by atoms with van der Waals surface area (Å²) in [5.74, 6) is 5.87. The zero-order valence-corrected chi connectivity index (χ0v) is 113. The summed E-state index contributed by atoms with van der Waals surface area (Å²) < 4.78 is 80.1. The molecule has 0 saturated heterocycles. The van der Waals surface area contributed by atoms with Crippen molar-refractivity contribution < 1.29 is 60.9 Å². The van der Waals surface area contributed by atoms with Crippen LogP contribution in [0.2, 0.25) is 36.8 Å². The number of hydrogen-bond donors (Lipinski definition) is 0. The predicted octanol–water partition coefficient (Wildman–Crippen LogP) is 32.0. The molecule has 0 heterocycles. The molecule has 5 aliphatic rings. The minimum Gasteiger partial charge on any atom is -0.488 e. The molecular weight excluding hydrogens is 1850 g/mol. The standard InChI is InChI=1S/2C13H18O.C12H16O.C12H18O.C11H16O.C10H14O.C8H16O.C7H14O.C7H16O.C6H14O.C5H12O.5C3H10Si.2CH3F.CH6Si/c2*1-13(10-6-3-7-11-13)14-12-8-4-2-5-9-12;1-12(9-5-6-10-12)13-11-7-3-2-4-8-11;1-4-10-12(2,3)13-11-8-6-5-7-9-11;1-4-11(2,3)12-10-8-6-5-7-9-10;1-10(2,3)11-9-7-5-4-6-8-9;1-8(9-2)6-4-3-5-7-8;1-7(8-2)5-3-4-6-7;1-5-6-7(2,3)8-4;1-5-6(2,3)7-4;1-5(2,3)6-4;5*1-2-3-4;3*1-2/h2*2,4-5,8-9H,3,6-7,10-11H2,1H3;2-4,7-8H,5-6,9-10H2,1H3;5-9H,4,10H2,1-3H3;5-9H,4H2,1-3H3;4-8H,1-3H3;3-7H2,1-2H3;3-6H2,1-2H3;5-6H2,1-4H3;5H2,1-4H3;1-4H3;5*2-3H2,1,4H3;2*1H3;1-2H3. The van der Waals surface area contributed by atoms with E-state index in [9.17, 15) is 8.78 Å². The van der Waals surface area contributed by atoms with Gasteiger partial charge in [0, 0.05) is 86.8 Å². The Balaban J connectivity index is -0.000000226. The minimum absolute atomic E-state index is 0.0417. The van der Waals surface area contributed by atoms with Crippen LogP contribution in [0, 0.1) is 0 Å². The fourth-order valence-electron chi connectivity index (χ4n) is 13.2. The second-order valence-electron chi connectivity index (χ2n) is 42.3. The first-order valence-corrected chi connectivity index (χ1v) is 64.7. The number of halogens is 2. The topological polar surface area (TPSA) is 102 Å². The molecule has 5 aliphatic carbocycles. The van der Waals surface area contributed by atoms with Crippen LogP contribution in [-0.2, 0) is 23.7 Å². The third kappa shape index (κ3) is 99.5. The van der Waals surface area contributed by atoms with Gasteiger partial charge in [-0.05, 0) is 343 Å². The molecule has 19 heteroatoms. The van der Waals surface area contributed by atoms with Crippen LogP contribution in [0.5, 0.6) is 34.5 Å². The summed E-state index contributed by atoms with van der Waals surface area (Å²) in [6.45, 7) is 61.9. The van der Waals surface area contributed by atoms with Crippen molar-refractivity contribution in [2.75, 3.05) is 49.9 Å². The van der Waals surface area contributed by atoms with E-state index < -0.39 is 0 Å². The molecule has 0 unspecified atom stereocenters. The first-order valence-electron chi connectivity index (χ1n) is 55.6. The zero-order valence-electron chi connectivity index (χ0n) is 101. The van der Waals surface area contributed by atoms with Crippen molar-refractivity contribution in [3.8, 4) is 34.5 Å². The highest BCUT2D eigenvalue weighted by Gasteiger charge is 2.33. The van der Waals surface area contributed by atoms with E-state index in [4.69, 9.17) is 52.1 Å². The maximum atomic E-state index is 9.50. The Morgan fingerprint density at radius 3 is 0.560 bits per heavy atom. The van der Waals surface area contributed by atoms with Crippen LogP contribution < -0.4 is 28.4 Å². The normalized spacial score (nSPS) is 15.0. The molecule has 5 saturated carbocycles. The van der Waals surface area contributed by atoms with E-state index in [-0.39, 0.29) is 61.6 Å². The van der Waals surface area contributed by atoms with Gasteiger partial charge in [-0.25, -0.2) is 0 Å². The number of methoxy groups -OCH3 is 5. The van der Waals surface area contributed by atoms with Gasteiger partial charge >= 0.3 is 0 Å². The van der Waals surface area contributed by atoms with E-state index >= 15 is 0 Å². The van der Waals surface area contributed by atoms with Gasteiger partial charge in [0.05, 0.1) is 42.4 Å². The van der Waals surface area contributed by atoms with Gasteiger partial charge < -0.3 is 52.1 Å². The highest BCUT2D eigenvalue weighted by atomic mass is 28.2. The molecule has 0 aromatic heterocycles. The zero-order chi connectivity index (χ0) is 110. The van der Waals surface area contributed by atoms with Gasteiger partial charge in [-0.3, -0.25) is 8.78 Å². The van der Waals surface area contributed by atoms with E-state index in [0.717, 1.165) is 66.6 Å². The maximum Gasteiger partial charge on any atom is 0.120 e. The lowest BCUT2D eigenvalue weighted by Crippen LogP contribution is -2.34. The minimum atomic E-state index is -0.0959. The molecule has 0 atom stereocenters. The SMILES string of the molecule is CC(C)(C)Oc1ccccc1.CC1(Oc2ccccc2)CCCC1.CC1(Oc2ccccc2)CCCCC1.CC1(Oc2ccccc2)CCCCC1.CCC(C)(C)OC.CCC(C)(C)Oc1ccccc1.CCCC(C)(C)OC.CCCC(C)(C)Oc1ccccc1.CCC[SiH3].CCC[SiH3].CCC[SiH3].CCC[SiH3].CCC[SiH3].CF.CF.COC(C)(C)C.COC1(C)CCCC1.COC1(C)CCCCC1.C[SiH3]. The Bertz CT molecular complexity index is 3340. The molecule has 0 aliphatic heterocycles. The molecule has 5 fully saturated rings. The van der Waals surface area contributed by atoms with Gasteiger partial charge in [-0.1, -0.05) is 298 Å². The van der Waals surface area contributed by atoms with Gasteiger partial charge in [0.15, 0.2) is 0 Å². The molecule has 0 radical (unpaired) electrons. The molecule has 0 amide bonds. The Labute approximate surface area is 893 Å². The van der Waals surface area contributed by atoms with Crippen LogP contribution in [-0.4, -0.2) is 173 Å². The van der Waals surface area contributed by atoms with Gasteiger partial charge in [0.2, 0.25) is 0 Å². The van der Waals surface area contributed by atoms with Gasteiger partial charge in [0.1, 0.15) is 68.1 Å². The first kappa shape index (κ1) is 151. The van der Waals surface area contributed by atoms with E-state index in [1.807, 2.05) is 238 Å². The van der Waals surface area contributed by atoms with Gasteiger partial charge in [0.25, 0.3) is 0 Å². The molecule has 826 valence electrons. The molecule has 0 N–H and O–H groups in total. The fraction of sp³-hybridized carbons (Fsp3) is 0.705. The second kappa shape index (κ2) is 96.0. The highest BCUT2D eigenvalue weighted by molar-refractivity contribution is 6.09. The lowest BCUT2D eigenvalue weighted by molar-refractivity contribution is -0.0232. The number of hydrogen-bond acceptors (Lipinski definition) is 11. The molecular formula is C122H234F2O11Si6. The third-order valence-corrected chi connectivity index (χ3v) is 29.4.